The van der Waals surface area contributed by atoms with E-state index >= 15 is 0 Å². The predicted molar refractivity (Wildman–Crippen MR) is 620 cm³/mol. The first-order chi connectivity index (χ1) is 72.4. The molecule has 7 heterocycles. The Labute approximate surface area is 855 Å². The summed E-state index contributed by atoms with van der Waals surface area (Å²) in [7, 11) is 0. The Hall–Kier alpha value is -18.2. The maximum Gasteiger partial charge on any atom is 0.140 e. The van der Waals surface area contributed by atoms with Crippen LogP contribution in [-0.2, 0) is 21.7 Å². The van der Waals surface area contributed by atoms with Gasteiger partial charge in [-0.25, -0.2) is 4.98 Å². The molecule has 696 valence electrons. The van der Waals surface area contributed by atoms with Gasteiger partial charge in [0.1, 0.15) is 5.82 Å². The average Bonchev–Trinajstić information content (AvgIpc) is 1.57. The zero-order valence-corrected chi connectivity index (χ0v) is 83.3. The Balaban J connectivity index is 0.582. The van der Waals surface area contributed by atoms with Gasteiger partial charge in [-0.05, 0) is 309 Å². The lowest BCUT2D eigenvalue weighted by molar-refractivity contribution is 0.660. The molecule has 0 saturated heterocycles. The number of hydrogen-bond donors (Lipinski definition) is 0. The lowest BCUT2D eigenvalue weighted by Gasteiger charge is -2.22. The predicted octanol–water partition coefficient (Wildman–Crippen LogP) is 36.7. The van der Waals surface area contributed by atoms with E-state index in [9.17, 15) is 0 Å². The molecule has 148 heavy (non-hydrogen) atoms. The molecule has 0 unspecified atom stereocenters. The molecule has 21 aromatic carbocycles. The summed E-state index contributed by atoms with van der Waals surface area (Å²) in [5.74, 6) is 0.820. The van der Waals surface area contributed by atoms with Crippen molar-refractivity contribution in [1.82, 2.24) is 32.4 Å². The van der Waals surface area contributed by atoms with E-state index in [-0.39, 0.29) is 21.7 Å². The molecule has 0 atom stereocenters. The van der Waals surface area contributed by atoms with Crippen LogP contribution in [0.25, 0.3) is 265 Å². The summed E-state index contributed by atoms with van der Waals surface area (Å²) in [5, 5.41) is 15.3. The molecule has 28 aromatic rings. The minimum absolute atomic E-state index is 0.151. The highest BCUT2D eigenvalue weighted by Crippen LogP contribution is 2.57. The summed E-state index contributed by atoms with van der Waals surface area (Å²) in [6, 6.07) is 169. The first-order valence-corrected chi connectivity index (χ1v) is 52.1. The van der Waals surface area contributed by atoms with E-state index in [1.807, 2.05) is 0 Å². The molecule has 0 N–H and O–H groups in total. The van der Waals surface area contributed by atoms with Crippen molar-refractivity contribution >= 4 is 142 Å². The molecule has 0 fully saturated rings. The number of fused-ring (bicyclic) bond motifs is 31. The van der Waals surface area contributed by atoms with Gasteiger partial charge in [0.2, 0.25) is 0 Å². The van der Waals surface area contributed by atoms with Crippen LogP contribution in [-0.4, -0.2) is 32.4 Å². The SMILES string of the molecule is CC1(C)c2ccccc2-c2ccc(-n3c4ccccc4c4cc(-c5ccc6c(c5)c5cc(-c7ccc8c(c7)c7ccccc7n8-c7ccc8c(c7)C(C)(C)c7ccccc7-8)ccc5n6-c5cc(-n6c7ccc(-c8ccc9c(c8)c8ccccc8n9-c8ccc9c(c8)C(C)(C)c8ccccc8-9)cc7c7cc(-c8ccc9c(c8)c8ccccc8n9-c8ccc9c(c8)C(C)(C)c8ccccc8-9)ccc76)c6ccccc6n5)ccc43)cc21. The van der Waals surface area contributed by atoms with Gasteiger partial charge in [-0.3, -0.25) is 4.57 Å². The Morgan fingerprint density at radius 1 is 0.149 bits per heavy atom. The van der Waals surface area contributed by atoms with Crippen LogP contribution >= 0.6 is 0 Å². The molecule has 4 aliphatic carbocycles. The molecule has 0 radical (unpaired) electrons. The van der Waals surface area contributed by atoms with E-state index in [0.717, 1.165) is 133 Å². The van der Waals surface area contributed by atoms with E-state index in [1.54, 1.807) is 0 Å². The van der Waals surface area contributed by atoms with Crippen molar-refractivity contribution in [3.05, 3.63) is 487 Å². The van der Waals surface area contributed by atoms with Gasteiger partial charge in [0, 0.05) is 120 Å². The number of para-hydroxylation sites is 5. The van der Waals surface area contributed by atoms with Crippen molar-refractivity contribution in [1.29, 1.82) is 0 Å². The second-order valence-corrected chi connectivity index (χ2v) is 44.1. The van der Waals surface area contributed by atoms with Crippen LogP contribution in [0.3, 0.4) is 0 Å². The van der Waals surface area contributed by atoms with Crippen LogP contribution in [0.2, 0.25) is 0 Å². The van der Waals surface area contributed by atoms with Crippen LogP contribution in [0.1, 0.15) is 99.9 Å². The summed E-state index contributed by atoms with van der Waals surface area (Å²) in [6.07, 6.45) is 0. The second kappa shape index (κ2) is 29.8. The second-order valence-electron chi connectivity index (χ2n) is 44.1. The Morgan fingerprint density at radius 3 is 0.622 bits per heavy atom. The molecule has 7 heteroatoms. The lowest BCUT2D eigenvalue weighted by Crippen LogP contribution is -2.15. The molecule has 32 rings (SSSR count). The van der Waals surface area contributed by atoms with Crippen LogP contribution in [0.5, 0.6) is 0 Å². The molecule has 0 spiro atoms. The van der Waals surface area contributed by atoms with E-state index in [2.05, 4.69) is 526 Å². The fourth-order valence-electron chi connectivity index (χ4n) is 27.8. The van der Waals surface area contributed by atoms with E-state index < -0.39 is 0 Å². The summed E-state index contributed by atoms with van der Waals surface area (Å²) < 4.78 is 15.0. The monoisotopic (exact) mass is 1890 g/mol. The molecule has 0 amide bonds. The minimum atomic E-state index is -0.151. The van der Waals surface area contributed by atoms with Crippen molar-refractivity contribution in [2.75, 3.05) is 0 Å². The van der Waals surface area contributed by atoms with Gasteiger partial charge in [-0.15, -0.1) is 0 Å². The van der Waals surface area contributed by atoms with Crippen molar-refractivity contribution in [2.24, 2.45) is 0 Å². The van der Waals surface area contributed by atoms with E-state index in [1.165, 1.54) is 176 Å². The standard InChI is InChI=1S/C141H97N7/c1-138(2)115-36-18-9-27-94(115)98-57-53-90(77-119(98)138)143-124-41-23-14-31-102(124)107-69-82(45-61-128(107)143)86-49-65-132-111(73-86)112-74-87(83-46-62-129-108(70-83)103-32-15-24-42-125(103)144(129)91-54-58-99-95-28-10-19-37-116(95)139(3,4)120(99)78-91)50-66-133(112)147(132)136-81-137(142-123-40-22-13-35-106(123)136)148-134-67-51-88(84-47-63-130-109(71-84)104-33-16-25-43-126(104)145(130)92-55-59-100-96-29-11-20-38-117(96)140(5,6)121(100)79-92)75-113(134)114-76-89(52-68-135(114)148)85-48-64-131-110(72-85)105-34-17-26-44-127(105)146(131)93-56-60-101-97-30-12-21-39-118(97)141(7,8)122(101)80-93/h9-81H,1-8H3. The van der Waals surface area contributed by atoms with Crippen LogP contribution in [0, 0.1) is 0 Å². The van der Waals surface area contributed by atoms with Gasteiger partial charge in [0.25, 0.3) is 0 Å². The van der Waals surface area contributed by atoms with Gasteiger partial charge in [-0.2, -0.15) is 0 Å². The fourth-order valence-corrected chi connectivity index (χ4v) is 27.8. The Kier molecular flexibility index (Phi) is 16.8. The van der Waals surface area contributed by atoms with Crippen LogP contribution in [0.15, 0.2) is 443 Å². The molecule has 7 aromatic heterocycles. The van der Waals surface area contributed by atoms with Gasteiger partial charge >= 0.3 is 0 Å². The third kappa shape index (κ3) is 11.4. The van der Waals surface area contributed by atoms with Crippen molar-refractivity contribution in [3.8, 4) is 123 Å². The number of nitrogens with zero attached hydrogens (tertiary/aromatic N) is 7. The highest BCUT2D eigenvalue weighted by molar-refractivity contribution is 6.19. The number of rotatable bonds is 10. The summed E-state index contributed by atoms with van der Waals surface area (Å²) >= 11 is 0. The summed E-state index contributed by atoms with van der Waals surface area (Å²) in [6.45, 7) is 19.0. The van der Waals surface area contributed by atoms with Crippen LogP contribution in [0.4, 0.5) is 0 Å². The normalized spacial score (nSPS) is 14.3. The molecule has 7 nitrogen and oxygen atoms in total. The molecule has 4 aliphatic rings. The average molecular weight is 1890 g/mol. The van der Waals surface area contributed by atoms with Crippen molar-refractivity contribution < 1.29 is 0 Å². The molecule has 0 aliphatic heterocycles. The largest absolute Gasteiger partial charge is 0.309 e. The third-order valence-electron chi connectivity index (χ3n) is 35.0. The number of benzene rings is 21. The van der Waals surface area contributed by atoms with Gasteiger partial charge in [0.05, 0.1) is 77.4 Å². The minimum Gasteiger partial charge on any atom is -0.309 e. The van der Waals surface area contributed by atoms with Crippen molar-refractivity contribution in [3.63, 3.8) is 0 Å². The maximum absolute atomic E-state index is 5.91. The first kappa shape index (κ1) is 83.3. The summed E-state index contributed by atoms with van der Waals surface area (Å²) in [5.41, 5.74) is 50.3. The fraction of sp³-hybridized carbons (Fsp3) is 0.0851. The Bertz CT molecular complexity index is 10300. The topological polar surface area (TPSA) is 42.5 Å². The maximum atomic E-state index is 5.91. The summed E-state index contributed by atoms with van der Waals surface area (Å²) in [4.78, 5) is 5.91. The molecular formula is C141H97N7. The third-order valence-corrected chi connectivity index (χ3v) is 35.0. The van der Waals surface area contributed by atoms with Crippen LogP contribution < -0.4 is 0 Å². The van der Waals surface area contributed by atoms with Crippen molar-refractivity contribution in [2.45, 2.75) is 77.0 Å². The first-order valence-electron chi connectivity index (χ1n) is 52.1. The zero-order chi connectivity index (χ0) is 98.1. The molecule has 0 bridgehead atoms. The van der Waals surface area contributed by atoms with E-state index in [0.29, 0.717) is 0 Å². The van der Waals surface area contributed by atoms with Gasteiger partial charge in [0.15, 0.2) is 0 Å². The van der Waals surface area contributed by atoms with Gasteiger partial charge in [-0.1, -0.05) is 316 Å². The van der Waals surface area contributed by atoms with E-state index in [4.69, 9.17) is 4.98 Å². The van der Waals surface area contributed by atoms with Gasteiger partial charge < -0.3 is 22.8 Å². The smallest absolute Gasteiger partial charge is 0.140 e. The highest BCUT2D eigenvalue weighted by Gasteiger charge is 2.41. The lowest BCUT2D eigenvalue weighted by atomic mass is 9.82. The number of pyridine rings is 1. The highest BCUT2D eigenvalue weighted by atomic mass is 15.1. The number of hydrogen-bond acceptors (Lipinski definition) is 1. The Morgan fingerprint density at radius 2 is 0.351 bits per heavy atom. The number of aromatic nitrogens is 7. The molecular weight excluding hydrogens is 1790 g/mol. The zero-order valence-electron chi connectivity index (χ0n) is 83.3. The molecule has 0 saturated carbocycles. The quantitative estimate of drug-likeness (QED) is 0.135.